The highest BCUT2D eigenvalue weighted by Crippen LogP contribution is 2.08. The average molecular weight is 351 g/mol. The van der Waals surface area contributed by atoms with Gasteiger partial charge in [-0.15, -0.1) is 12.4 Å². The van der Waals surface area contributed by atoms with Crippen molar-refractivity contribution in [3.63, 3.8) is 0 Å². The Morgan fingerprint density at radius 1 is 1.23 bits per heavy atom. The first-order chi connectivity index (χ1) is 9.92. The summed E-state index contributed by atoms with van der Waals surface area (Å²) in [5.41, 5.74) is 1.08. The molecule has 0 aliphatic heterocycles. The van der Waals surface area contributed by atoms with E-state index < -0.39 is 9.84 Å². The van der Waals surface area contributed by atoms with Gasteiger partial charge in [0.1, 0.15) is 0 Å². The van der Waals surface area contributed by atoms with Crippen LogP contribution in [-0.2, 0) is 20.3 Å². The lowest BCUT2D eigenvalue weighted by Gasteiger charge is -2.08. The van der Waals surface area contributed by atoms with Crippen LogP contribution < -0.4 is 10.6 Å². The van der Waals surface area contributed by atoms with Crippen LogP contribution in [0.15, 0.2) is 24.3 Å². The monoisotopic (exact) mass is 350 g/mol. The molecule has 1 aromatic carbocycles. The molecule has 0 saturated carbocycles. The molecule has 0 aromatic heterocycles. The number of carbonyl (C=O) groups excluding carboxylic acids is 1. The van der Waals surface area contributed by atoms with Crippen molar-refractivity contribution in [2.24, 2.45) is 0 Å². The van der Waals surface area contributed by atoms with E-state index in [0.29, 0.717) is 30.8 Å². The van der Waals surface area contributed by atoms with Gasteiger partial charge in [-0.2, -0.15) is 0 Å². The van der Waals surface area contributed by atoms with Crippen LogP contribution in [0.1, 0.15) is 15.9 Å². The van der Waals surface area contributed by atoms with E-state index in [4.69, 9.17) is 4.74 Å². The second-order valence-corrected chi connectivity index (χ2v) is 6.91. The number of sulfone groups is 1. The summed E-state index contributed by atoms with van der Waals surface area (Å²) in [4.78, 5) is 11.9. The Morgan fingerprint density at radius 2 is 1.95 bits per heavy atom. The zero-order chi connectivity index (χ0) is 15.7. The third-order valence-corrected chi connectivity index (χ3v) is 3.55. The number of amides is 1. The molecule has 0 heterocycles. The topological polar surface area (TPSA) is 84.5 Å². The highest BCUT2D eigenvalue weighted by molar-refractivity contribution is 7.89. The summed E-state index contributed by atoms with van der Waals surface area (Å²) in [6.07, 6.45) is 1.17. The number of carbonyl (C=O) groups is 1. The van der Waals surface area contributed by atoms with Crippen molar-refractivity contribution in [2.75, 3.05) is 39.6 Å². The molecule has 0 fully saturated rings. The normalized spacial score (nSPS) is 10.8. The molecule has 1 amide bonds. The standard InChI is InChI=1S/C14H22N2O4S.ClH/c1-20-9-8-15-6-7-16-14(17)13-5-3-4-12(10-13)11-21(2,18)19;/h3-5,10,15H,6-9,11H2,1-2H3,(H,16,17);1H. The third kappa shape index (κ3) is 8.99. The first-order valence-corrected chi connectivity index (χ1v) is 8.73. The number of nitrogens with one attached hydrogen (secondary N) is 2. The molecule has 6 nitrogen and oxygen atoms in total. The van der Waals surface area contributed by atoms with Gasteiger partial charge in [0.2, 0.25) is 0 Å². The molecule has 0 bridgehead atoms. The van der Waals surface area contributed by atoms with Gasteiger partial charge in [-0.1, -0.05) is 12.1 Å². The fourth-order valence-corrected chi connectivity index (χ4v) is 2.56. The Morgan fingerprint density at radius 3 is 2.59 bits per heavy atom. The summed E-state index contributed by atoms with van der Waals surface area (Å²) in [5, 5.41) is 5.89. The van der Waals surface area contributed by atoms with Crippen molar-refractivity contribution in [2.45, 2.75) is 5.75 Å². The maximum atomic E-state index is 11.9. The van der Waals surface area contributed by atoms with Gasteiger partial charge in [0.05, 0.1) is 12.4 Å². The van der Waals surface area contributed by atoms with Gasteiger partial charge in [0.15, 0.2) is 9.84 Å². The van der Waals surface area contributed by atoms with Crippen molar-refractivity contribution < 1.29 is 17.9 Å². The predicted octanol–water partition coefficient (Wildman–Crippen LogP) is 0.619. The number of methoxy groups -OCH3 is 1. The van der Waals surface area contributed by atoms with Crippen LogP contribution in [0.2, 0.25) is 0 Å². The fraction of sp³-hybridized carbons (Fsp3) is 0.500. The van der Waals surface area contributed by atoms with Crippen LogP contribution >= 0.6 is 12.4 Å². The van der Waals surface area contributed by atoms with E-state index in [2.05, 4.69) is 10.6 Å². The van der Waals surface area contributed by atoms with E-state index >= 15 is 0 Å². The third-order valence-electron chi connectivity index (χ3n) is 2.69. The lowest BCUT2D eigenvalue weighted by Crippen LogP contribution is -2.33. The summed E-state index contributed by atoms with van der Waals surface area (Å²) in [7, 11) is -1.47. The van der Waals surface area contributed by atoms with Gasteiger partial charge in [-0.3, -0.25) is 4.79 Å². The van der Waals surface area contributed by atoms with Gasteiger partial charge in [0.25, 0.3) is 5.91 Å². The molecule has 22 heavy (non-hydrogen) atoms. The van der Waals surface area contributed by atoms with Crippen molar-refractivity contribution in [1.82, 2.24) is 10.6 Å². The Hall–Kier alpha value is -1.15. The Kier molecular flexibility index (Phi) is 10.0. The number of benzene rings is 1. The molecule has 0 spiro atoms. The molecule has 0 aliphatic rings. The highest BCUT2D eigenvalue weighted by atomic mass is 35.5. The minimum Gasteiger partial charge on any atom is -0.383 e. The first-order valence-electron chi connectivity index (χ1n) is 6.67. The van der Waals surface area contributed by atoms with Crippen molar-refractivity contribution in [3.8, 4) is 0 Å². The molecule has 1 rings (SSSR count). The molecule has 126 valence electrons. The van der Waals surface area contributed by atoms with Crippen LogP contribution in [0.25, 0.3) is 0 Å². The molecular formula is C14H23ClN2O4S. The van der Waals surface area contributed by atoms with Crippen molar-refractivity contribution in [1.29, 1.82) is 0 Å². The SMILES string of the molecule is COCCNCCNC(=O)c1cccc(CS(C)(=O)=O)c1.Cl. The maximum absolute atomic E-state index is 11.9. The lowest BCUT2D eigenvalue weighted by atomic mass is 10.1. The highest BCUT2D eigenvalue weighted by Gasteiger charge is 2.08. The summed E-state index contributed by atoms with van der Waals surface area (Å²) < 4.78 is 27.4. The van der Waals surface area contributed by atoms with E-state index in [1.165, 1.54) is 6.26 Å². The summed E-state index contributed by atoms with van der Waals surface area (Å²) in [5.74, 6) is -0.272. The van der Waals surface area contributed by atoms with Gasteiger partial charge < -0.3 is 15.4 Å². The van der Waals surface area contributed by atoms with E-state index in [0.717, 1.165) is 6.54 Å². The molecule has 1 aromatic rings. The quantitative estimate of drug-likeness (QED) is 0.638. The van der Waals surface area contributed by atoms with Crippen LogP contribution in [0, 0.1) is 0 Å². The number of halogens is 1. The zero-order valence-electron chi connectivity index (χ0n) is 12.8. The Bertz CT molecular complexity index is 564. The van der Waals surface area contributed by atoms with E-state index in [-0.39, 0.29) is 24.1 Å². The zero-order valence-corrected chi connectivity index (χ0v) is 14.4. The van der Waals surface area contributed by atoms with Gasteiger partial charge in [-0.25, -0.2) is 8.42 Å². The van der Waals surface area contributed by atoms with Crippen LogP contribution in [0.3, 0.4) is 0 Å². The van der Waals surface area contributed by atoms with Gasteiger partial charge in [-0.05, 0) is 17.7 Å². The number of rotatable bonds is 9. The Labute approximate surface area is 138 Å². The minimum absolute atomic E-state index is 0. The second kappa shape index (κ2) is 10.6. The molecule has 0 atom stereocenters. The summed E-state index contributed by atoms with van der Waals surface area (Å²) in [6, 6.07) is 6.66. The molecule has 0 saturated heterocycles. The van der Waals surface area contributed by atoms with Crippen molar-refractivity contribution >= 4 is 28.2 Å². The van der Waals surface area contributed by atoms with E-state index in [9.17, 15) is 13.2 Å². The maximum Gasteiger partial charge on any atom is 0.251 e. The molecule has 0 unspecified atom stereocenters. The van der Waals surface area contributed by atoms with E-state index in [1.54, 1.807) is 31.4 Å². The smallest absolute Gasteiger partial charge is 0.251 e. The number of hydrogen-bond acceptors (Lipinski definition) is 5. The minimum atomic E-state index is -3.10. The number of ether oxygens (including phenoxy) is 1. The fourth-order valence-electron chi connectivity index (χ4n) is 1.77. The van der Waals surface area contributed by atoms with E-state index in [1.807, 2.05) is 0 Å². The van der Waals surface area contributed by atoms with Gasteiger partial charge in [0, 0.05) is 38.6 Å². The molecule has 0 aliphatic carbocycles. The predicted molar refractivity (Wildman–Crippen MR) is 89.3 cm³/mol. The van der Waals surface area contributed by atoms with Crippen LogP contribution in [0.4, 0.5) is 0 Å². The molecular weight excluding hydrogens is 328 g/mol. The lowest BCUT2D eigenvalue weighted by molar-refractivity contribution is 0.0953. The summed E-state index contributed by atoms with van der Waals surface area (Å²) >= 11 is 0. The first kappa shape index (κ1) is 20.9. The van der Waals surface area contributed by atoms with Crippen LogP contribution in [0.5, 0.6) is 0 Å². The summed E-state index contributed by atoms with van der Waals surface area (Å²) in [6.45, 7) is 2.51. The molecule has 2 N–H and O–H groups in total. The second-order valence-electron chi connectivity index (χ2n) is 4.77. The van der Waals surface area contributed by atoms with Crippen LogP contribution in [-0.4, -0.2) is 53.9 Å². The molecule has 0 radical (unpaired) electrons. The average Bonchev–Trinajstić information content (AvgIpc) is 2.41. The number of hydrogen-bond donors (Lipinski definition) is 2. The largest absolute Gasteiger partial charge is 0.383 e. The van der Waals surface area contributed by atoms with Crippen molar-refractivity contribution in [3.05, 3.63) is 35.4 Å². The molecule has 8 heteroatoms. The Balaban J connectivity index is 0.00000441. The van der Waals surface area contributed by atoms with Gasteiger partial charge >= 0.3 is 0 Å².